The van der Waals surface area contributed by atoms with E-state index in [1.807, 2.05) is 48.2 Å². The lowest BCUT2D eigenvalue weighted by molar-refractivity contribution is -0.858. The number of nitrogens with one attached hydrogen (secondary N) is 1. The maximum absolute atomic E-state index is 13.4. The largest absolute Gasteiger partial charge is 0.378 e. The molecular formula is C23H31N4OS+. The average Bonchev–Trinajstić information content (AvgIpc) is 3.12. The third-order valence-corrected chi connectivity index (χ3v) is 6.28. The molecule has 0 aliphatic carbocycles. The molecule has 3 rings (SSSR count). The third-order valence-electron chi connectivity index (χ3n) is 5.24. The van der Waals surface area contributed by atoms with E-state index in [0.717, 1.165) is 34.0 Å². The van der Waals surface area contributed by atoms with Gasteiger partial charge in [0.25, 0.3) is 5.91 Å². The molecule has 5 nitrogen and oxygen atoms in total. The summed E-state index contributed by atoms with van der Waals surface area (Å²) in [6.45, 7) is 5.87. The van der Waals surface area contributed by atoms with Crippen molar-refractivity contribution in [2.24, 2.45) is 0 Å². The molecule has 0 bridgehead atoms. The summed E-state index contributed by atoms with van der Waals surface area (Å²) < 4.78 is 1.13. The topological polar surface area (TPSA) is 40.9 Å². The number of carbonyl (C=O) groups excluding carboxylic acids is 1. The van der Waals surface area contributed by atoms with Gasteiger partial charge in [-0.15, -0.1) is 0 Å². The maximum Gasteiger partial charge on any atom is 0.260 e. The highest BCUT2D eigenvalue weighted by Crippen LogP contribution is 2.32. The Hall–Kier alpha value is -2.44. The van der Waals surface area contributed by atoms with Gasteiger partial charge in [0, 0.05) is 38.3 Å². The summed E-state index contributed by atoms with van der Waals surface area (Å²) in [5.74, 6) is 0.0116. The van der Waals surface area contributed by atoms with Crippen LogP contribution in [0.1, 0.15) is 27.9 Å². The molecule has 0 unspecified atom stereocenters. The van der Waals surface area contributed by atoms with Crippen molar-refractivity contribution in [3.05, 3.63) is 53.1 Å². The van der Waals surface area contributed by atoms with E-state index in [-0.39, 0.29) is 5.91 Å². The third kappa shape index (κ3) is 4.77. The van der Waals surface area contributed by atoms with Crippen molar-refractivity contribution in [1.82, 2.24) is 4.98 Å². The van der Waals surface area contributed by atoms with Crippen LogP contribution in [0, 0.1) is 13.8 Å². The lowest BCUT2D eigenvalue weighted by Gasteiger charge is -2.21. The van der Waals surface area contributed by atoms with E-state index >= 15 is 0 Å². The molecular weight excluding hydrogens is 380 g/mol. The molecule has 0 saturated heterocycles. The average molecular weight is 412 g/mol. The SMILES string of the molecule is Cc1ccc2sc(N(CCC[NH+](C)C)C(=O)c3ccc(N(C)C)cc3)nc2c1C. The first-order chi connectivity index (χ1) is 13.8. The van der Waals surface area contributed by atoms with E-state index in [1.165, 1.54) is 16.0 Å². The minimum atomic E-state index is 0.0116. The van der Waals surface area contributed by atoms with Crippen LogP contribution in [0.3, 0.4) is 0 Å². The zero-order valence-electron chi connectivity index (χ0n) is 18.2. The fraction of sp³-hybridized carbons (Fsp3) is 0.391. The summed E-state index contributed by atoms with van der Waals surface area (Å²) in [7, 11) is 8.27. The number of carbonyl (C=O) groups is 1. The highest BCUT2D eigenvalue weighted by atomic mass is 32.1. The van der Waals surface area contributed by atoms with Gasteiger partial charge in [0.15, 0.2) is 5.13 Å². The van der Waals surface area contributed by atoms with E-state index in [9.17, 15) is 4.79 Å². The Morgan fingerprint density at radius 3 is 2.38 bits per heavy atom. The van der Waals surface area contributed by atoms with E-state index in [1.54, 1.807) is 11.3 Å². The number of hydrogen-bond acceptors (Lipinski definition) is 4. The monoisotopic (exact) mass is 411 g/mol. The number of rotatable bonds is 7. The molecule has 0 aliphatic rings. The number of thiazole rings is 1. The predicted octanol–water partition coefficient (Wildman–Crippen LogP) is 3.16. The van der Waals surface area contributed by atoms with Crippen molar-refractivity contribution in [3.8, 4) is 0 Å². The number of anilines is 2. The number of aryl methyl sites for hydroxylation is 2. The fourth-order valence-electron chi connectivity index (χ4n) is 3.26. The van der Waals surface area contributed by atoms with Crippen LogP contribution in [0.4, 0.5) is 10.8 Å². The smallest absolute Gasteiger partial charge is 0.260 e. The number of nitrogens with zero attached hydrogens (tertiary/aromatic N) is 3. The molecule has 154 valence electrons. The Morgan fingerprint density at radius 2 is 1.76 bits per heavy atom. The van der Waals surface area contributed by atoms with Gasteiger partial charge in [-0.2, -0.15) is 0 Å². The summed E-state index contributed by atoms with van der Waals surface area (Å²) in [4.78, 5) is 23.5. The van der Waals surface area contributed by atoms with E-state index in [0.29, 0.717) is 12.1 Å². The maximum atomic E-state index is 13.4. The first-order valence-electron chi connectivity index (χ1n) is 10.0. The number of fused-ring (bicyclic) bond motifs is 1. The van der Waals surface area contributed by atoms with Crippen molar-refractivity contribution >= 4 is 38.3 Å². The first kappa shape index (κ1) is 21.3. The van der Waals surface area contributed by atoms with Gasteiger partial charge in [0.2, 0.25) is 0 Å². The van der Waals surface area contributed by atoms with Gasteiger partial charge < -0.3 is 9.80 Å². The molecule has 1 heterocycles. The van der Waals surface area contributed by atoms with Gasteiger partial charge in [-0.25, -0.2) is 4.98 Å². The van der Waals surface area contributed by atoms with Gasteiger partial charge in [0.1, 0.15) is 0 Å². The lowest BCUT2D eigenvalue weighted by atomic mass is 10.1. The van der Waals surface area contributed by atoms with Crippen molar-refractivity contribution < 1.29 is 9.69 Å². The number of quaternary nitrogens is 1. The summed E-state index contributed by atoms with van der Waals surface area (Å²) in [5, 5.41) is 0.782. The minimum Gasteiger partial charge on any atom is -0.378 e. The molecule has 1 amide bonds. The Labute approximate surface area is 177 Å². The van der Waals surface area contributed by atoms with Crippen LogP contribution in [0.2, 0.25) is 0 Å². The first-order valence-corrected chi connectivity index (χ1v) is 10.8. The predicted molar refractivity (Wildman–Crippen MR) is 124 cm³/mol. The fourth-order valence-corrected chi connectivity index (χ4v) is 4.31. The van der Waals surface area contributed by atoms with E-state index < -0.39 is 0 Å². The van der Waals surface area contributed by atoms with Crippen LogP contribution in [0.5, 0.6) is 0 Å². The van der Waals surface area contributed by atoms with Crippen molar-refractivity contribution in [3.63, 3.8) is 0 Å². The molecule has 2 aromatic carbocycles. The molecule has 1 aromatic heterocycles. The lowest BCUT2D eigenvalue weighted by Crippen LogP contribution is -3.05. The van der Waals surface area contributed by atoms with Crippen molar-refractivity contribution in [2.45, 2.75) is 20.3 Å². The standard InChI is InChI=1S/C23H30N4OS/c1-16-8-13-20-21(17(16)2)24-23(29-20)27(15-7-14-25(3)4)22(28)18-9-11-19(12-10-18)26(5)6/h8-13H,7,14-15H2,1-6H3/p+1. The van der Waals surface area contributed by atoms with Gasteiger partial charge in [-0.05, 0) is 55.3 Å². The van der Waals surface area contributed by atoms with E-state index in [2.05, 4.69) is 40.1 Å². The second kappa shape index (κ2) is 8.93. The van der Waals surface area contributed by atoms with Crippen LogP contribution in [0.15, 0.2) is 36.4 Å². The molecule has 3 aromatic rings. The summed E-state index contributed by atoms with van der Waals surface area (Å²) in [5.41, 5.74) is 5.19. The second-order valence-corrected chi connectivity index (χ2v) is 9.07. The van der Waals surface area contributed by atoms with Gasteiger partial charge in [-0.3, -0.25) is 9.69 Å². The Kier molecular flexibility index (Phi) is 6.55. The molecule has 0 atom stereocenters. The second-order valence-electron chi connectivity index (χ2n) is 8.06. The Bertz CT molecular complexity index is 992. The van der Waals surface area contributed by atoms with Crippen molar-refractivity contribution in [1.29, 1.82) is 0 Å². The molecule has 0 radical (unpaired) electrons. The van der Waals surface area contributed by atoms with Crippen LogP contribution in [-0.2, 0) is 0 Å². The number of hydrogen-bond donors (Lipinski definition) is 1. The molecule has 29 heavy (non-hydrogen) atoms. The zero-order chi connectivity index (χ0) is 21.1. The zero-order valence-corrected chi connectivity index (χ0v) is 19.1. The van der Waals surface area contributed by atoms with Gasteiger partial charge in [-0.1, -0.05) is 17.4 Å². The Balaban J connectivity index is 1.95. The minimum absolute atomic E-state index is 0.0116. The molecule has 6 heteroatoms. The highest BCUT2D eigenvalue weighted by Gasteiger charge is 2.22. The molecule has 0 fully saturated rings. The summed E-state index contributed by atoms with van der Waals surface area (Å²) >= 11 is 1.60. The van der Waals surface area contributed by atoms with Crippen LogP contribution in [-0.4, -0.2) is 52.2 Å². The molecule has 0 spiro atoms. The summed E-state index contributed by atoms with van der Waals surface area (Å²) in [6.07, 6.45) is 0.928. The van der Waals surface area contributed by atoms with Gasteiger partial charge >= 0.3 is 0 Å². The van der Waals surface area contributed by atoms with Crippen LogP contribution in [0.25, 0.3) is 10.2 Å². The molecule has 1 N–H and O–H groups in total. The normalized spacial score (nSPS) is 11.3. The van der Waals surface area contributed by atoms with Crippen molar-refractivity contribution in [2.75, 3.05) is 51.1 Å². The number of amides is 1. The van der Waals surface area contributed by atoms with Crippen LogP contribution < -0.4 is 14.7 Å². The molecule has 0 saturated carbocycles. The molecule has 0 aliphatic heterocycles. The summed E-state index contributed by atoms with van der Waals surface area (Å²) in [6, 6.07) is 12.0. The number of benzene rings is 2. The van der Waals surface area contributed by atoms with E-state index in [4.69, 9.17) is 4.98 Å². The van der Waals surface area contributed by atoms with Gasteiger partial charge in [0.05, 0.1) is 30.9 Å². The highest BCUT2D eigenvalue weighted by molar-refractivity contribution is 7.22. The Morgan fingerprint density at radius 1 is 1.07 bits per heavy atom. The quantitative estimate of drug-likeness (QED) is 0.649. The van der Waals surface area contributed by atoms with Crippen LogP contribution >= 0.6 is 11.3 Å². The number of aromatic nitrogens is 1.